The Balaban J connectivity index is 2.08. The van der Waals surface area contributed by atoms with Crippen LogP contribution >= 0.6 is 0 Å². The molecule has 0 saturated carbocycles. The van der Waals surface area contributed by atoms with Crippen LogP contribution in [0.1, 0.15) is 29.3 Å². The topological polar surface area (TPSA) is 84.5 Å². The van der Waals surface area contributed by atoms with Crippen LogP contribution in [0.5, 0.6) is 5.75 Å². The summed E-state index contributed by atoms with van der Waals surface area (Å²) in [6.07, 6.45) is 1.64. The van der Waals surface area contributed by atoms with E-state index in [1.807, 2.05) is 37.3 Å². The maximum atomic E-state index is 12.5. The van der Waals surface area contributed by atoms with Crippen molar-refractivity contribution in [2.75, 3.05) is 14.2 Å². The standard InChI is InChI=1S/C19H24N2O4S/c1-14(9-10-15-7-5-4-6-8-15)21-19(22)16-11-12-17(25-3)18(13-16)26(23,24)20-2/h4-8,11-14,20H,9-10H2,1-3H3,(H,21,22)/t14-/m0/s1. The highest BCUT2D eigenvalue weighted by atomic mass is 32.2. The lowest BCUT2D eigenvalue weighted by atomic mass is 10.1. The Bertz CT molecular complexity index is 851. The van der Waals surface area contributed by atoms with Gasteiger partial charge in [-0.15, -0.1) is 0 Å². The summed E-state index contributed by atoms with van der Waals surface area (Å²) in [7, 11) is -1.03. The van der Waals surface area contributed by atoms with Crippen LogP contribution in [0.4, 0.5) is 0 Å². The molecule has 2 rings (SSSR count). The third-order valence-electron chi connectivity index (χ3n) is 4.07. The quantitative estimate of drug-likeness (QED) is 0.741. The number of ether oxygens (including phenoxy) is 1. The predicted octanol–water partition coefficient (Wildman–Crippen LogP) is 2.35. The second kappa shape index (κ2) is 8.82. The highest BCUT2D eigenvalue weighted by Gasteiger charge is 2.20. The number of amides is 1. The Kier molecular flexibility index (Phi) is 6.76. The predicted molar refractivity (Wildman–Crippen MR) is 101 cm³/mol. The minimum atomic E-state index is -3.73. The van der Waals surface area contributed by atoms with Crippen LogP contribution in [0.25, 0.3) is 0 Å². The molecule has 1 amide bonds. The van der Waals surface area contributed by atoms with Gasteiger partial charge in [0, 0.05) is 11.6 Å². The van der Waals surface area contributed by atoms with Gasteiger partial charge in [-0.25, -0.2) is 13.1 Å². The number of rotatable bonds is 8. The third kappa shape index (κ3) is 5.06. The lowest BCUT2D eigenvalue weighted by Gasteiger charge is -2.15. The van der Waals surface area contributed by atoms with Crippen LogP contribution in [0.3, 0.4) is 0 Å². The third-order valence-corrected chi connectivity index (χ3v) is 5.51. The van der Waals surface area contributed by atoms with Gasteiger partial charge in [0.15, 0.2) is 0 Å². The van der Waals surface area contributed by atoms with Gasteiger partial charge in [-0.05, 0) is 50.6 Å². The summed E-state index contributed by atoms with van der Waals surface area (Å²) < 4.78 is 31.6. The van der Waals surface area contributed by atoms with Gasteiger partial charge in [-0.2, -0.15) is 0 Å². The Labute approximate surface area is 154 Å². The zero-order chi connectivity index (χ0) is 19.2. The molecule has 0 radical (unpaired) electrons. The molecule has 0 saturated heterocycles. The van der Waals surface area contributed by atoms with Gasteiger partial charge in [0.1, 0.15) is 10.6 Å². The van der Waals surface area contributed by atoms with Crippen LogP contribution in [-0.2, 0) is 16.4 Å². The van der Waals surface area contributed by atoms with Gasteiger partial charge in [-0.1, -0.05) is 30.3 Å². The molecule has 0 heterocycles. The lowest BCUT2D eigenvalue weighted by molar-refractivity contribution is 0.0938. The van der Waals surface area contributed by atoms with Gasteiger partial charge >= 0.3 is 0 Å². The molecule has 0 fully saturated rings. The van der Waals surface area contributed by atoms with Crippen molar-refractivity contribution in [3.8, 4) is 5.75 Å². The SMILES string of the molecule is CNS(=O)(=O)c1cc(C(=O)N[C@@H](C)CCc2ccccc2)ccc1OC. The summed E-state index contributed by atoms with van der Waals surface area (Å²) in [5, 5.41) is 2.91. The summed E-state index contributed by atoms with van der Waals surface area (Å²) in [6.45, 7) is 1.93. The lowest BCUT2D eigenvalue weighted by Crippen LogP contribution is -2.33. The van der Waals surface area contributed by atoms with E-state index in [2.05, 4.69) is 10.0 Å². The fourth-order valence-electron chi connectivity index (χ4n) is 2.55. The maximum Gasteiger partial charge on any atom is 0.251 e. The molecule has 0 aliphatic rings. The number of carbonyl (C=O) groups excluding carboxylic acids is 1. The van der Waals surface area contributed by atoms with Crippen LogP contribution in [0, 0.1) is 0 Å². The highest BCUT2D eigenvalue weighted by Crippen LogP contribution is 2.24. The fourth-order valence-corrected chi connectivity index (χ4v) is 3.46. The first-order valence-corrected chi connectivity index (χ1v) is 9.82. The van der Waals surface area contributed by atoms with E-state index in [1.165, 1.54) is 31.9 Å². The Hall–Kier alpha value is -2.38. The second-order valence-corrected chi connectivity index (χ2v) is 7.83. The minimum Gasteiger partial charge on any atom is -0.495 e. The Morgan fingerprint density at radius 1 is 1.15 bits per heavy atom. The summed E-state index contributed by atoms with van der Waals surface area (Å²) in [4.78, 5) is 12.4. The molecule has 6 nitrogen and oxygen atoms in total. The molecular formula is C19H24N2O4S. The summed E-state index contributed by atoms with van der Waals surface area (Å²) in [5.74, 6) is -0.131. The van der Waals surface area contributed by atoms with E-state index < -0.39 is 10.0 Å². The average Bonchev–Trinajstić information content (AvgIpc) is 2.66. The summed E-state index contributed by atoms with van der Waals surface area (Å²) in [6, 6.07) is 14.3. The Morgan fingerprint density at radius 2 is 1.85 bits per heavy atom. The van der Waals surface area contributed by atoms with E-state index in [9.17, 15) is 13.2 Å². The van der Waals surface area contributed by atoms with E-state index >= 15 is 0 Å². The van der Waals surface area contributed by atoms with E-state index in [0.29, 0.717) is 0 Å². The number of sulfonamides is 1. The van der Waals surface area contributed by atoms with E-state index in [4.69, 9.17) is 4.74 Å². The van der Waals surface area contributed by atoms with Gasteiger partial charge in [-0.3, -0.25) is 4.79 Å². The number of nitrogens with one attached hydrogen (secondary N) is 2. The second-order valence-electron chi connectivity index (χ2n) is 5.97. The molecule has 0 aliphatic carbocycles. The molecule has 26 heavy (non-hydrogen) atoms. The monoisotopic (exact) mass is 376 g/mol. The molecule has 2 aromatic rings. The normalized spacial score (nSPS) is 12.4. The first-order chi connectivity index (χ1) is 12.4. The molecule has 0 spiro atoms. The van der Waals surface area contributed by atoms with Gasteiger partial charge in [0.2, 0.25) is 10.0 Å². The number of methoxy groups -OCH3 is 1. The van der Waals surface area contributed by atoms with Crippen LogP contribution in [-0.4, -0.2) is 34.5 Å². The van der Waals surface area contributed by atoms with Gasteiger partial charge < -0.3 is 10.1 Å². The maximum absolute atomic E-state index is 12.5. The molecule has 140 valence electrons. The largest absolute Gasteiger partial charge is 0.495 e. The molecule has 0 aromatic heterocycles. The van der Waals surface area contributed by atoms with Crippen molar-refractivity contribution < 1.29 is 17.9 Å². The number of carbonyl (C=O) groups is 1. The first-order valence-electron chi connectivity index (χ1n) is 8.33. The van der Waals surface area contributed by atoms with Crippen molar-refractivity contribution in [2.45, 2.75) is 30.7 Å². The summed E-state index contributed by atoms with van der Waals surface area (Å²) in [5.41, 5.74) is 1.48. The highest BCUT2D eigenvalue weighted by molar-refractivity contribution is 7.89. The molecule has 2 aromatic carbocycles. The molecule has 0 bridgehead atoms. The number of benzene rings is 2. The van der Waals surface area contributed by atoms with Crippen LogP contribution in [0.2, 0.25) is 0 Å². The number of aryl methyl sites for hydroxylation is 1. The molecule has 0 aliphatic heterocycles. The smallest absolute Gasteiger partial charge is 0.251 e. The first kappa shape index (κ1) is 19.9. The van der Waals surface area contributed by atoms with Crippen molar-refractivity contribution in [3.05, 3.63) is 59.7 Å². The molecular weight excluding hydrogens is 352 g/mol. The van der Waals surface area contributed by atoms with Crippen molar-refractivity contribution in [3.63, 3.8) is 0 Å². The fraction of sp³-hybridized carbons (Fsp3) is 0.316. The number of hydrogen-bond acceptors (Lipinski definition) is 4. The average molecular weight is 376 g/mol. The zero-order valence-corrected chi connectivity index (χ0v) is 16.0. The van der Waals surface area contributed by atoms with Crippen molar-refractivity contribution >= 4 is 15.9 Å². The van der Waals surface area contributed by atoms with E-state index in [-0.39, 0.29) is 28.2 Å². The van der Waals surface area contributed by atoms with Crippen molar-refractivity contribution in [1.82, 2.24) is 10.0 Å². The van der Waals surface area contributed by atoms with Gasteiger partial charge in [0.05, 0.1) is 7.11 Å². The van der Waals surface area contributed by atoms with Gasteiger partial charge in [0.25, 0.3) is 5.91 Å². The minimum absolute atomic E-state index is 0.0471. The Morgan fingerprint density at radius 3 is 2.46 bits per heavy atom. The molecule has 1 atom stereocenters. The van der Waals surface area contributed by atoms with Crippen LogP contribution < -0.4 is 14.8 Å². The molecule has 2 N–H and O–H groups in total. The molecule has 7 heteroatoms. The summed E-state index contributed by atoms with van der Waals surface area (Å²) >= 11 is 0. The number of hydrogen-bond donors (Lipinski definition) is 2. The molecule has 0 unspecified atom stereocenters. The van der Waals surface area contributed by atoms with E-state index in [1.54, 1.807) is 6.07 Å². The van der Waals surface area contributed by atoms with E-state index in [0.717, 1.165) is 12.8 Å². The van der Waals surface area contributed by atoms with Crippen molar-refractivity contribution in [2.24, 2.45) is 0 Å². The zero-order valence-electron chi connectivity index (χ0n) is 15.2. The van der Waals surface area contributed by atoms with Crippen LogP contribution in [0.15, 0.2) is 53.4 Å². The van der Waals surface area contributed by atoms with Crippen molar-refractivity contribution in [1.29, 1.82) is 0 Å².